The molecule has 0 fully saturated rings. The van der Waals surface area contributed by atoms with Gasteiger partial charge in [0.15, 0.2) is 5.82 Å². The first-order valence-corrected chi connectivity index (χ1v) is 6.38. The molecule has 0 aliphatic carbocycles. The third kappa shape index (κ3) is 1.89. The average Bonchev–Trinajstić information content (AvgIpc) is 2.75. The minimum atomic E-state index is 0.347. The molecule has 2 N–H and O–H groups in total. The van der Waals surface area contributed by atoms with Crippen LogP contribution in [0.3, 0.4) is 0 Å². The van der Waals surface area contributed by atoms with E-state index in [4.69, 9.17) is 10.5 Å². The number of nitrogens with zero attached hydrogens (tertiary/aromatic N) is 2. The zero-order chi connectivity index (χ0) is 13.4. The van der Waals surface area contributed by atoms with Gasteiger partial charge in [0.2, 0.25) is 5.88 Å². The lowest BCUT2D eigenvalue weighted by molar-refractivity contribution is 0.398. The third-order valence-electron chi connectivity index (χ3n) is 3.52. The number of benzene rings is 1. The van der Waals surface area contributed by atoms with Crippen molar-refractivity contribution in [1.29, 1.82) is 0 Å². The van der Waals surface area contributed by atoms with E-state index < -0.39 is 0 Å². The van der Waals surface area contributed by atoms with Gasteiger partial charge >= 0.3 is 0 Å². The van der Waals surface area contributed by atoms with Crippen molar-refractivity contribution in [3.05, 3.63) is 42.0 Å². The van der Waals surface area contributed by atoms with Crippen molar-refractivity contribution in [2.75, 3.05) is 17.7 Å². The number of fused-ring (bicyclic) bond motifs is 1. The standard InChI is InChI=1S/C15H17N3O/c1-10-9-11-5-3-4-6-13(11)18(10)15-12(16)7-8-14(17-15)19-2/h3-8,10H,9,16H2,1-2H3. The second kappa shape index (κ2) is 4.46. The van der Waals surface area contributed by atoms with E-state index in [1.807, 2.05) is 12.1 Å². The zero-order valence-electron chi connectivity index (χ0n) is 11.1. The Hall–Kier alpha value is -2.23. The first-order chi connectivity index (χ1) is 9.20. The summed E-state index contributed by atoms with van der Waals surface area (Å²) in [6.45, 7) is 2.18. The number of para-hydroxylation sites is 1. The fraction of sp³-hybridized carbons (Fsp3) is 0.267. The second-order valence-corrected chi connectivity index (χ2v) is 4.82. The Morgan fingerprint density at radius 1 is 1.26 bits per heavy atom. The summed E-state index contributed by atoms with van der Waals surface area (Å²) in [4.78, 5) is 6.69. The highest BCUT2D eigenvalue weighted by atomic mass is 16.5. The Labute approximate surface area is 112 Å². The van der Waals surface area contributed by atoms with Crippen molar-refractivity contribution >= 4 is 17.2 Å². The lowest BCUT2D eigenvalue weighted by atomic mass is 10.1. The lowest BCUT2D eigenvalue weighted by Gasteiger charge is -2.25. The van der Waals surface area contributed by atoms with Crippen molar-refractivity contribution in [3.63, 3.8) is 0 Å². The van der Waals surface area contributed by atoms with Gasteiger partial charge in [-0.2, -0.15) is 4.98 Å². The molecule has 3 rings (SSSR count). The summed E-state index contributed by atoms with van der Waals surface area (Å²) in [5.41, 5.74) is 9.27. The van der Waals surface area contributed by atoms with Crippen molar-refractivity contribution < 1.29 is 4.74 Å². The van der Waals surface area contributed by atoms with E-state index in [1.54, 1.807) is 13.2 Å². The highest BCUT2D eigenvalue weighted by molar-refractivity contribution is 5.76. The van der Waals surface area contributed by atoms with E-state index in [1.165, 1.54) is 11.3 Å². The predicted molar refractivity (Wildman–Crippen MR) is 76.9 cm³/mol. The molecule has 0 spiro atoms. The zero-order valence-corrected chi connectivity index (χ0v) is 11.1. The van der Waals surface area contributed by atoms with E-state index >= 15 is 0 Å². The number of anilines is 3. The molecular formula is C15H17N3O. The molecule has 1 unspecified atom stereocenters. The summed E-state index contributed by atoms with van der Waals surface area (Å²) in [7, 11) is 1.61. The molecule has 4 nitrogen and oxygen atoms in total. The number of methoxy groups -OCH3 is 1. The molecule has 98 valence electrons. The summed E-state index contributed by atoms with van der Waals surface area (Å²) >= 11 is 0. The molecular weight excluding hydrogens is 238 g/mol. The molecule has 1 aromatic heterocycles. The Morgan fingerprint density at radius 2 is 2.05 bits per heavy atom. The third-order valence-corrected chi connectivity index (χ3v) is 3.52. The van der Waals surface area contributed by atoms with Crippen LogP contribution in [0.15, 0.2) is 36.4 Å². The van der Waals surface area contributed by atoms with Gasteiger partial charge < -0.3 is 15.4 Å². The topological polar surface area (TPSA) is 51.4 Å². The van der Waals surface area contributed by atoms with E-state index in [-0.39, 0.29) is 0 Å². The van der Waals surface area contributed by atoms with Crippen LogP contribution in [0.2, 0.25) is 0 Å². The fourth-order valence-electron chi connectivity index (χ4n) is 2.64. The van der Waals surface area contributed by atoms with Crippen LogP contribution in [0.25, 0.3) is 0 Å². The molecule has 0 amide bonds. The molecule has 2 heterocycles. The first-order valence-electron chi connectivity index (χ1n) is 6.38. The highest BCUT2D eigenvalue weighted by Crippen LogP contribution is 2.40. The molecule has 19 heavy (non-hydrogen) atoms. The van der Waals surface area contributed by atoms with Crippen LogP contribution in [0.5, 0.6) is 5.88 Å². The highest BCUT2D eigenvalue weighted by Gasteiger charge is 2.29. The van der Waals surface area contributed by atoms with Crippen LogP contribution in [0, 0.1) is 0 Å². The monoisotopic (exact) mass is 255 g/mol. The largest absolute Gasteiger partial charge is 0.481 e. The molecule has 1 atom stereocenters. The smallest absolute Gasteiger partial charge is 0.215 e. The number of ether oxygens (including phenoxy) is 1. The molecule has 0 saturated heterocycles. The molecule has 1 aromatic carbocycles. The van der Waals surface area contributed by atoms with Crippen LogP contribution in [-0.4, -0.2) is 18.1 Å². The van der Waals surface area contributed by atoms with Gasteiger partial charge in [0.1, 0.15) is 0 Å². The Balaban J connectivity index is 2.12. The van der Waals surface area contributed by atoms with Gasteiger partial charge in [0, 0.05) is 17.8 Å². The Bertz CT molecular complexity index is 612. The summed E-state index contributed by atoms with van der Waals surface area (Å²) in [6.07, 6.45) is 1.01. The summed E-state index contributed by atoms with van der Waals surface area (Å²) < 4.78 is 5.20. The van der Waals surface area contributed by atoms with Gasteiger partial charge in [-0.3, -0.25) is 0 Å². The van der Waals surface area contributed by atoms with Gasteiger partial charge in [-0.25, -0.2) is 0 Å². The molecule has 1 aliphatic heterocycles. The normalized spacial score (nSPS) is 17.4. The maximum Gasteiger partial charge on any atom is 0.215 e. The maximum atomic E-state index is 6.08. The quantitative estimate of drug-likeness (QED) is 0.896. The fourth-order valence-corrected chi connectivity index (χ4v) is 2.64. The number of nitrogen functional groups attached to an aromatic ring is 1. The van der Waals surface area contributed by atoms with Gasteiger partial charge in [0.25, 0.3) is 0 Å². The first kappa shape index (κ1) is 11.8. The number of hydrogen-bond acceptors (Lipinski definition) is 4. The van der Waals surface area contributed by atoms with Crippen LogP contribution < -0.4 is 15.4 Å². The average molecular weight is 255 g/mol. The Morgan fingerprint density at radius 3 is 2.84 bits per heavy atom. The minimum absolute atomic E-state index is 0.347. The van der Waals surface area contributed by atoms with Crippen molar-refractivity contribution in [2.45, 2.75) is 19.4 Å². The number of rotatable bonds is 2. The van der Waals surface area contributed by atoms with E-state index in [2.05, 4.69) is 35.0 Å². The number of aromatic nitrogens is 1. The van der Waals surface area contributed by atoms with E-state index in [0.29, 0.717) is 17.6 Å². The molecule has 0 radical (unpaired) electrons. The summed E-state index contributed by atoms with van der Waals surface area (Å²) in [5.74, 6) is 1.36. The molecule has 0 saturated carbocycles. The van der Waals surface area contributed by atoms with Crippen LogP contribution in [0.4, 0.5) is 17.2 Å². The molecule has 1 aliphatic rings. The molecule has 2 aromatic rings. The number of nitrogens with two attached hydrogens (primary N) is 1. The summed E-state index contributed by atoms with van der Waals surface area (Å²) in [6, 6.07) is 12.3. The molecule has 0 bridgehead atoms. The van der Waals surface area contributed by atoms with Gasteiger partial charge in [-0.05, 0) is 31.0 Å². The van der Waals surface area contributed by atoms with Crippen molar-refractivity contribution in [3.8, 4) is 5.88 Å². The lowest BCUT2D eigenvalue weighted by Crippen LogP contribution is -2.25. The van der Waals surface area contributed by atoms with Gasteiger partial charge in [-0.1, -0.05) is 18.2 Å². The minimum Gasteiger partial charge on any atom is -0.481 e. The second-order valence-electron chi connectivity index (χ2n) is 4.82. The van der Waals surface area contributed by atoms with Crippen LogP contribution >= 0.6 is 0 Å². The van der Waals surface area contributed by atoms with Gasteiger partial charge in [-0.15, -0.1) is 0 Å². The number of hydrogen-bond donors (Lipinski definition) is 1. The summed E-state index contributed by atoms with van der Waals surface area (Å²) in [5, 5.41) is 0. The van der Waals surface area contributed by atoms with Crippen molar-refractivity contribution in [2.24, 2.45) is 0 Å². The Kier molecular flexibility index (Phi) is 2.78. The van der Waals surface area contributed by atoms with Crippen molar-refractivity contribution in [1.82, 2.24) is 4.98 Å². The molecule has 4 heteroatoms. The number of pyridine rings is 1. The maximum absolute atomic E-state index is 6.08. The van der Waals surface area contributed by atoms with Crippen LogP contribution in [-0.2, 0) is 6.42 Å². The van der Waals surface area contributed by atoms with Gasteiger partial charge in [0.05, 0.1) is 12.8 Å². The van der Waals surface area contributed by atoms with E-state index in [0.717, 1.165) is 12.2 Å². The SMILES string of the molecule is COc1ccc(N)c(N2c3ccccc3CC2C)n1. The van der Waals surface area contributed by atoms with Crippen LogP contribution in [0.1, 0.15) is 12.5 Å². The van der Waals surface area contributed by atoms with E-state index in [9.17, 15) is 0 Å². The predicted octanol–water partition coefficient (Wildman–Crippen LogP) is 2.76.